The van der Waals surface area contributed by atoms with E-state index in [1.165, 1.54) is 24.3 Å². The summed E-state index contributed by atoms with van der Waals surface area (Å²) in [5, 5.41) is 10.0. The summed E-state index contributed by atoms with van der Waals surface area (Å²) in [4.78, 5) is 4.25. The van der Waals surface area contributed by atoms with Gasteiger partial charge in [-0.15, -0.1) is 0 Å². The molecule has 1 aromatic rings. The Hall–Kier alpha value is -0.540. The van der Waals surface area contributed by atoms with Gasteiger partial charge < -0.3 is 5.11 Å². The molecule has 0 amide bonds. The number of hydrogen-bond acceptors (Lipinski definition) is 3. The van der Waals surface area contributed by atoms with Crippen molar-refractivity contribution in [1.82, 2.24) is 4.98 Å². The molecule has 1 atom stereocenters. The van der Waals surface area contributed by atoms with Crippen molar-refractivity contribution in [2.45, 2.75) is 31.8 Å². The molecule has 2 rings (SSSR count). The molecule has 16 heavy (non-hydrogen) atoms. The molecule has 1 aliphatic heterocycles. The minimum absolute atomic E-state index is 0.219. The van der Waals surface area contributed by atoms with Crippen molar-refractivity contribution in [2.75, 3.05) is 11.5 Å². The van der Waals surface area contributed by atoms with Gasteiger partial charge in [-0.05, 0) is 48.8 Å². The van der Waals surface area contributed by atoms with Gasteiger partial charge in [-0.1, -0.05) is 6.07 Å². The fraction of sp³-hybridized carbons (Fsp3) is 0.615. The first-order valence-corrected chi connectivity index (χ1v) is 7.16. The number of aliphatic hydroxyl groups is 1. The van der Waals surface area contributed by atoms with Gasteiger partial charge in [0.25, 0.3) is 0 Å². The molecule has 88 valence electrons. The van der Waals surface area contributed by atoms with Gasteiger partial charge in [0, 0.05) is 18.3 Å². The van der Waals surface area contributed by atoms with Crippen LogP contribution in [0.2, 0.25) is 0 Å². The van der Waals surface area contributed by atoms with E-state index in [0.29, 0.717) is 6.42 Å². The molecule has 0 spiro atoms. The fourth-order valence-corrected chi connectivity index (χ4v) is 3.41. The van der Waals surface area contributed by atoms with Crippen LogP contribution in [0.1, 0.15) is 25.0 Å². The Morgan fingerprint density at radius 3 is 2.88 bits per heavy atom. The maximum Gasteiger partial charge on any atom is 0.0598 e. The molecule has 1 unspecified atom stereocenters. The van der Waals surface area contributed by atoms with Crippen LogP contribution in [0.15, 0.2) is 24.4 Å². The lowest BCUT2D eigenvalue weighted by molar-refractivity contribution is 0.138. The highest BCUT2D eigenvalue weighted by Crippen LogP contribution is 2.26. The van der Waals surface area contributed by atoms with Gasteiger partial charge in [-0.2, -0.15) is 11.8 Å². The Morgan fingerprint density at radius 2 is 2.19 bits per heavy atom. The van der Waals surface area contributed by atoms with Crippen LogP contribution in [0.4, 0.5) is 0 Å². The maximum absolute atomic E-state index is 10.0. The summed E-state index contributed by atoms with van der Waals surface area (Å²) in [7, 11) is 0. The van der Waals surface area contributed by atoms with Crippen LogP contribution < -0.4 is 0 Å². The van der Waals surface area contributed by atoms with Crippen molar-refractivity contribution in [1.29, 1.82) is 0 Å². The standard InChI is InChI=1S/C13H19NOS/c15-13(9-11-4-7-16-8-5-11)10-12-3-1-2-6-14-12/h1-3,6,11,13,15H,4-5,7-10H2. The SMILES string of the molecule is OC(Cc1ccccn1)CC1CCSCC1. The molecule has 0 bridgehead atoms. The van der Waals surface area contributed by atoms with E-state index >= 15 is 0 Å². The number of aliphatic hydroxyl groups excluding tert-OH is 1. The summed E-state index contributed by atoms with van der Waals surface area (Å²) in [5.41, 5.74) is 1.00. The first-order chi connectivity index (χ1) is 7.84. The molecule has 3 heteroatoms. The van der Waals surface area contributed by atoms with Gasteiger partial charge in [-0.25, -0.2) is 0 Å². The van der Waals surface area contributed by atoms with Crippen LogP contribution in [0.25, 0.3) is 0 Å². The predicted molar refractivity (Wildman–Crippen MR) is 68.6 cm³/mol. The molecule has 1 aliphatic rings. The highest BCUT2D eigenvalue weighted by molar-refractivity contribution is 7.99. The molecule has 0 aromatic carbocycles. The second-order valence-electron chi connectivity index (χ2n) is 4.47. The van der Waals surface area contributed by atoms with Gasteiger partial charge in [0.05, 0.1) is 6.10 Å². The zero-order chi connectivity index (χ0) is 11.2. The van der Waals surface area contributed by atoms with Gasteiger partial charge in [-0.3, -0.25) is 4.98 Å². The number of aromatic nitrogens is 1. The van der Waals surface area contributed by atoms with Crippen LogP contribution in [-0.2, 0) is 6.42 Å². The quantitative estimate of drug-likeness (QED) is 0.873. The van der Waals surface area contributed by atoms with Crippen molar-refractivity contribution >= 4 is 11.8 Å². The van der Waals surface area contributed by atoms with Crippen LogP contribution >= 0.6 is 11.8 Å². The molecular formula is C13H19NOS. The molecule has 2 heterocycles. The summed E-state index contributed by atoms with van der Waals surface area (Å²) >= 11 is 2.04. The number of hydrogen-bond donors (Lipinski definition) is 1. The lowest BCUT2D eigenvalue weighted by Crippen LogP contribution is -2.19. The summed E-state index contributed by atoms with van der Waals surface area (Å²) < 4.78 is 0. The van der Waals surface area contributed by atoms with E-state index < -0.39 is 0 Å². The smallest absolute Gasteiger partial charge is 0.0598 e. The van der Waals surface area contributed by atoms with E-state index in [4.69, 9.17) is 0 Å². The lowest BCUT2D eigenvalue weighted by atomic mass is 9.94. The third-order valence-electron chi connectivity index (χ3n) is 3.12. The Kier molecular flexibility index (Phi) is 4.67. The van der Waals surface area contributed by atoms with Crippen molar-refractivity contribution < 1.29 is 5.11 Å². The largest absolute Gasteiger partial charge is 0.393 e. The zero-order valence-corrected chi connectivity index (χ0v) is 10.3. The Labute approximate surface area is 101 Å². The molecule has 2 nitrogen and oxygen atoms in total. The van der Waals surface area contributed by atoms with E-state index in [-0.39, 0.29) is 6.10 Å². The molecule has 0 radical (unpaired) electrons. The van der Waals surface area contributed by atoms with E-state index in [9.17, 15) is 5.11 Å². The molecule has 1 saturated heterocycles. The van der Waals surface area contributed by atoms with Gasteiger partial charge in [0.2, 0.25) is 0 Å². The molecule has 1 N–H and O–H groups in total. The normalized spacial score (nSPS) is 19.6. The van der Waals surface area contributed by atoms with Gasteiger partial charge >= 0.3 is 0 Å². The number of nitrogens with zero attached hydrogens (tertiary/aromatic N) is 1. The summed E-state index contributed by atoms with van der Waals surface area (Å²) in [6.07, 6.45) is 5.75. The van der Waals surface area contributed by atoms with Crippen molar-refractivity contribution in [2.24, 2.45) is 5.92 Å². The Morgan fingerprint density at radius 1 is 1.38 bits per heavy atom. The second kappa shape index (κ2) is 6.26. The third kappa shape index (κ3) is 3.80. The molecular weight excluding hydrogens is 218 g/mol. The zero-order valence-electron chi connectivity index (χ0n) is 9.51. The van der Waals surface area contributed by atoms with Crippen LogP contribution in [0.3, 0.4) is 0 Å². The maximum atomic E-state index is 10.0. The fourth-order valence-electron chi connectivity index (χ4n) is 2.21. The average molecular weight is 237 g/mol. The molecule has 1 fully saturated rings. The summed E-state index contributed by atoms with van der Waals surface area (Å²) in [6.45, 7) is 0. The van der Waals surface area contributed by atoms with Crippen LogP contribution in [0, 0.1) is 5.92 Å². The van der Waals surface area contributed by atoms with E-state index in [0.717, 1.165) is 18.0 Å². The monoisotopic (exact) mass is 237 g/mol. The highest BCUT2D eigenvalue weighted by Gasteiger charge is 2.18. The van der Waals surface area contributed by atoms with Gasteiger partial charge in [0.15, 0.2) is 0 Å². The summed E-state index contributed by atoms with van der Waals surface area (Å²) in [5.74, 6) is 3.25. The second-order valence-corrected chi connectivity index (χ2v) is 5.70. The van der Waals surface area contributed by atoms with Crippen molar-refractivity contribution in [3.63, 3.8) is 0 Å². The van der Waals surface area contributed by atoms with E-state index in [1.807, 2.05) is 30.0 Å². The highest BCUT2D eigenvalue weighted by atomic mass is 32.2. The predicted octanol–water partition coefficient (Wildman–Crippen LogP) is 2.52. The molecule has 1 aromatic heterocycles. The number of pyridine rings is 1. The molecule has 0 saturated carbocycles. The Bertz CT molecular complexity index is 298. The summed E-state index contributed by atoms with van der Waals surface area (Å²) in [6, 6.07) is 5.88. The topological polar surface area (TPSA) is 33.1 Å². The third-order valence-corrected chi connectivity index (χ3v) is 4.17. The first-order valence-electron chi connectivity index (χ1n) is 6.00. The van der Waals surface area contributed by atoms with E-state index in [1.54, 1.807) is 6.20 Å². The van der Waals surface area contributed by atoms with Crippen LogP contribution in [0.5, 0.6) is 0 Å². The van der Waals surface area contributed by atoms with Crippen molar-refractivity contribution in [3.8, 4) is 0 Å². The number of thioether (sulfide) groups is 1. The average Bonchev–Trinajstić information content (AvgIpc) is 2.31. The lowest BCUT2D eigenvalue weighted by Gasteiger charge is -2.23. The first kappa shape index (κ1) is 11.9. The van der Waals surface area contributed by atoms with E-state index in [2.05, 4.69) is 4.98 Å². The van der Waals surface area contributed by atoms with Crippen molar-refractivity contribution in [3.05, 3.63) is 30.1 Å². The van der Waals surface area contributed by atoms with Gasteiger partial charge in [0.1, 0.15) is 0 Å². The minimum atomic E-state index is -0.219. The molecule has 0 aliphatic carbocycles. The number of rotatable bonds is 4. The Balaban J connectivity index is 1.77. The minimum Gasteiger partial charge on any atom is -0.393 e. The van der Waals surface area contributed by atoms with Crippen LogP contribution in [-0.4, -0.2) is 27.7 Å².